The third-order valence-electron chi connectivity index (χ3n) is 4.66. The van der Waals surface area contributed by atoms with Crippen molar-refractivity contribution in [2.45, 2.75) is 32.2 Å². The van der Waals surface area contributed by atoms with Crippen LogP contribution in [0.3, 0.4) is 0 Å². The van der Waals surface area contributed by atoms with Crippen LogP contribution in [0.2, 0.25) is 0 Å². The average Bonchev–Trinajstić information content (AvgIpc) is 2.65. The minimum Gasteiger partial charge on any atom is -0.338 e. The van der Waals surface area contributed by atoms with Crippen molar-refractivity contribution in [3.05, 3.63) is 71.3 Å². The Hall–Kier alpha value is -2.13. The molecule has 0 bridgehead atoms. The monoisotopic (exact) mass is 322 g/mol. The highest BCUT2D eigenvalue weighted by Crippen LogP contribution is 2.18. The minimum absolute atomic E-state index is 0.264. The highest BCUT2D eigenvalue weighted by Gasteiger charge is 2.19. The molecule has 0 atom stereocenters. The minimum atomic E-state index is 0.264. The number of hydrogen-bond donors (Lipinski definition) is 1. The number of carbonyl (C=O) groups is 1. The molecular weight excluding hydrogens is 296 g/mol. The number of nitrogens with one attached hydrogen (secondary N) is 1. The molecule has 1 N–H and O–H groups in total. The first kappa shape index (κ1) is 16.7. The zero-order valence-corrected chi connectivity index (χ0v) is 14.2. The van der Waals surface area contributed by atoms with Crippen LogP contribution in [-0.4, -0.2) is 30.4 Å². The summed E-state index contributed by atoms with van der Waals surface area (Å²) < 4.78 is 0. The number of hydrogen-bond acceptors (Lipinski definition) is 2. The molecule has 0 aromatic heterocycles. The third-order valence-corrected chi connectivity index (χ3v) is 4.66. The van der Waals surface area contributed by atoms with E-state index < -0.39 is 0 Å². The van der Waals surface area contributed by atoms with Crippen molar-refractivity contribution < 1.29 is 4.79 Å². The van der Waals surface area contributed by atoms with Crippen molar-refractivity contribution in [2.75, 3.05) is 19.6 Å². The average molecular weight is 322 g/mol. The van der Waals surface area contributed by atoms with Gasteiger partial charge in [0.05, 0.1) is 0 Å². The van der Waals surface area contributed by atoms with Crippen LogP contribution in [0.25, 0.3) is 0 Å². The van der Waals surface area contributed by atoms with E-state index in [9.17, 15) is 4.79 Å². The molecule has 0 spiro atoms. The van der Waals surface area contributed by atoms with Gasteiger partial charge in [-0.2, -0.15) is 0 Å². The Morgan fingerprint density at radius 1 is 0.958 bits per heavy atom. The van der Waals surface area contributed by atoms with Gasteiger partial charge in [0.15, 0.2) is 0 Å². The zero-order chi connectivity index (χ0) is 16.6. The summed E-state index contributed by atoms with van der Waals surface area (Å²) in [6.45, 7) is 3.35. The number of rotatable bonds is 7. The second-order valence-corrected chi connectivity index (χ2v) is 6.42. The van der Waals surface area contributed by atoms with Gasteiger partial charge in [0.2, 0.25) is 5.91 Å². The summed E-state index contributed by atoms with van der Waals surface area (Å²) in [5, 5.41) is 3.40. The fourth-order valence-corrected chi connectivity index (χ4v) is 3.25. The predicted octanol–water partition coefficient (Wildman–Crippen LogP) is 3.18. The molecule has 24 heavy (non-hydrogen) atoms. The summed E-state index contributed by atoms with van der Waals surface area (Å²) in [5.41, 5.74) is 4.07. The smallest absolute Gasteiger partial charge is 0.224 e. The summed E-state index contributed by atoms with van der Waals surface area (Å²) in [7, 11) is 0. The van der Waals surface area contributed by atoms with Gasteiger partial charge >= 0.3 is 0 Å². The molecule has 1 heterocycles. The first-order chi connectivity index (χ1) is 11.8. The van der Waals surface area contributed by atoms with Gasteiger partial charge in [-0.15, -0.1) is 0 Å². The van der Waals surface area contributed by atoms with Crippen molar-refractivity contribution in [3.63, 3.8) is 0 Å². The summed E-state index contributed by atoms with van der Waals surface area (Å²) in [5.74, 6) is 0.264. The van der Waals surface area contributed by atoms with E-state index in [-0.39, 0.29) is 5.91 Å². The van der Waals surface area contributed by atoms with Crippen LogP contribution >= 0.6 is 0 Å². The van der Waals surface area contributed by atoms with Gasteiger partial charge in [0.25, 0.3) is 0 Å². The second-order valence-electron chi connectivity index (χ2n) is 6.42. The highest BCUT2D eigenvalue weighted by atomic mass is 16.2. The number of benzene rings is 2. The maximum absolute atomic E-state index is 12.3. The van der Waals surface area contributed by atoms with Gasteiger partial charge in [0, 0.05) is 26.1 Å². The number of nitrogens with zero attached hydrogens (tertiary/aromatic N) is 1. The summed E-state index contributed by atoms with van der Waals surface area (Å²) in [6, 6.07) is 19.0. The Balaban J connectivity index is 1.32. The molecule has 0 aliphatic carbocycles. The van der Waals surface area contributed by atoms with Crippen molar-refractivity contribution >= 4 is 5.91 Å². The fraction of sp³-hybridized carbons (Fsp3) is 0.381. The molecule has 0 unspecified atom stereocenters. The van der Waals surface area contributed by atoms with Crippen molar-refractivity contribution in [1.29, 1.82) is 0 Å². The van der Waals surface area contributed by atoms with E-state index in [1.165, 1.54) is 16.7 Å². The van der Waals surface area contributed by atoms with E-state index in [0.29, 0.717) is 6.42 Å². The van der Waals surface area contributed by atoms with Gasteiger partial charge in [-0.1, -0.05) is 54.6 Å². The molecular formula is C21H26N2O. The molecule has 0 saturated heterocycles. The molecule has 1 aliphatic heterocycles. The lowest BCUT2D eigenvalue weighted by Crippen LogP contribution is -2.37. The highest BCUT2D eigenvalue weighted by molar-refractivity contribution is 5.76. The predicted molar refractivity (Wildman–Crippen MR) is 97.8 cm³/mol. The molecule has 2 aromatic rings. The van der Waals surface area contributed by atoms with Crippen LogP contribution in [-0.2, 0) is 24.2 Å². The first-order valence-corrected chi connectivity index (χ1v) is 8.92. The van der Waals surface area contributed by atoms with Crippen LogP contribution in [0.5, 0.6) is 0 Å². The van der Waals surface area contributed by atoms with E-state index in [1.807, 2.05) is 11.0 Å². The fourth-order valence-electron chi connectivity index (χ4n) is 3.25. The topological polar surface area (TPSA) is 32.3 Å². The van der Waals surface area contributed by atoms with Crippen LogP contribution in [0.4, 0.5) is 0 Å². The summed E-state index contributed by atoms with van der Waals surface area (Å²) in [4.78, 5) is 14.3. The van der Waals surface area contributed by atoms with Crippen LogP contribution in [0.15, 0.2) is 54.6 Å². The van der Waals surface area contributed by atoms with E-state index in [0.717, 1.165) is 45.4 Å². The molecule has 0 radical (unpaired) electrons. The molecule has 126 valence electrons. The second kappa shape index (κ2) is 8.65. The largest absolute Gasteiger partial charge is 0.338 e. The maximum atomic E-state index is 12.3. The Bertz CT molecular complexity index is 654. The molecule has 0 saturated carbocycles. The van der Waals surface area contributed by atoms with Crippen molar-refractivity contribution in [2.24, 2.45) is 0 Å². The van der Waals surface area contributed by atoms with Crippen LogP contribution in [0, 0.1) is 0 Å². The Labute approximate surface area is 144 Å². The summed E-state index contributed by atoms with van der Waals surface area (Å²) in [6.07, 6.45) is 3.76. The number of fused-ring (bicyclic) bond motifs is 1. The van der Waals surface area contributed by atoms with Crippen LogP contribution < -0.4 is 5.32 Å². The maximum Gasteiger partial charge on any atom is 0.224 e. The van der Waals surface area contributed by atoms with Crippen molar-refractivity contribution in [1.82, 2.24) is 10.2 Å². The molecule has 1 aliphatic rings. The lowest BCUT2D eigenvalue weighted by Gasteiger charge is -2.29. The molecule has 0 fully saturated rings. The molecule has 1 amide bonds. The number of amides is 1. The lowest BCUT2D eigenvalue weighted by atomic mass is 10.00. The van der Waals surface area contributed by atoms with Gasteiger partial charge < -0.3 is 10.2 Å². The Morgan fingerprint density at radius 2 is 1.71 bits per heavy atom. The van der Waals surface area contributed by atoms with E-state index >= 15 is 0 Å². The molecule has 3 rings (SSSR count). The quantitative estimate of drug-likeness (QED) is 0.794. The summed E-state index contributed by atoms with van der Waals surface area (Å²) >= 11 is 0. The van der Waals surface area contributed by atoms with E-state index in [1.54, 1.807) is 0 Å². The van der Waals surface area contributed by atoms with E-state index in [2.05, 4.69) is 53.8 Å². The van der Waals surface area contributed by atoms with Crippen LogP contribution in [0.1, 0.15) is 29.5 Å². The zero-order valence-electron chi connectivity index (χ0n) is 14.2. The van der Waals surface area contributed by atoms with Gasteiger partial charge in [-0.05, 0) is 42.5 Å². The third kappa shape index (κ3) is 4.68. The van der Waals surface area contributed by atoms with Gasteiger partial charge in [-0.25, -0.2) is 0 Å². The van der Waals surface area contributed by atoms with Gasteiger partial charge in [0.1, 0.15) is 0 Å². The first-order valence-electron chi connectivity index (χ1n) is 8.92. The molecule has 2 aromatic carbocycles. The normalized spacial score (nSPS) is 13.6. The molecule has 3 nitrogen and oxygen atoms in total. The van der Waals surface area contributed by atoms with Gasteiger partial charge in [-0.3, -0.25) is 4.79 Å². The SMILES string of the molecule is O=C(CCNCCCc1ccccc1)N1CCc2ccccc2C1. The number of aryl methyl sites for hydroxylation is 1. The Kier molecular flexibility index (Phi) is 6.02. The van der Waals surface area contributed by atoms with E-state index in [4.69, 9.17) is 0 Å². The lowest BCUT2D eigenvalue weighted by molar-refractivity contribution is -0.132. The standard InChI is InChI=1S/C21H26N2O/c24-21(23-16-13-19-10-4-5-11-20(19)17-23)12-15-22-14-6-9-18-7-2-1-3-8-18/h1-5,7-8,10-11,22H,6,9,12-17H2. The molecule has 3 heteroatoms. The number of carbonyl (C=O) groups excluding carboxylic acids is 1. The van der Waals surface area contributed by atoms with Crippen molar-refractivity contribution in [3.8, 4) is 0 Å². The Morgan fingerprint density at radius 3 is 2.54 bits per heavy atom.